The van der Waals surface area contributed by atoms with Crippen molar-refractivity contribution in [2.45, 2.75) is 95.5 Å². The number of ether oxygens (including phenoxy) is 1. The lowest BCUT2D eigenvalue weighted by atomic mass is 9.69. The van der Waals surface area contributed by atoms with Crippen LogP contribution in [0.15, 0.2) is 0 Å². The van der Waals surface area contributed by atoms with Crippen molar-refractivity contribution < 1.29 is 4.74 Å². The zero-order chi connectivity index (χ0) is 15.1. The van der Waals surface area contributed by atoms with Gasteiger partial charge in [-0.25, -0.2) is 0 Å². The Morgan fingerprint density at radius 3 is 2.14 bits per heavy atom. The fourth-order valence-electron chi connectivity index (χ4n) is 5.20. The molecule has 0 aromatic heterocycles. The van der Waals surface area contributed by atoms with Gasteiger partial charge in [-0.3, -0.25) is 0 Å². The number of likely N-dealkylation sites (tertiary alicyclic amines) is 1. The Morgan fingerprint density at radius 2 is 1.41 bits per heavy atom. The molecule has 128 valence electrons. The molecular weight excluding hydrogens is 270 g/mol. The Bertz CT molecular complexity index is 299. The monoisotopic (exact) mass is 307 g/mol. The first-order valence-electron chi connectivity index (χ1n) is 10.3. The summed E-state index contributed by atoms with van der Waals surface area (Å²) in [5.74, 6) is 0.872. The minimum Gasteiger partial charge on any atom is -0.375 e. The van der Waals surface area contributed by atoms with E-state index in [1.54, 1.807) is 0 Å². The molecule has 2 saturated carbocycles. The van der Waals surface area contributed by atoms with E-state index >= 15 is 0 Å². The van der Waals surface area contributed by atoms with E-state index in [2.05, 4.69) is 4.90 Å². The van der Waals surface area contributed by atoms with E-state index in [1.165, 1.54) is 110 Å². The van der Waals surface area contributed by atoms with Crippen LogP contribution in [0.3, 0.4) is 0 Å². The number of hydrogen-bond donors (Lipinski definition) is 0. The summed E-state index contributed by atoms with van der Waals surface area (Å²) in [6.45, 7) is 4.93. The van der Waals surface area contributed by atoms with Crippen molar-refractivity contribution in [2.24, 2.45) is 5.92 Å². The Hall–Kier alpha value is -0.0800. The van der Waals surface area contributed by atoms with Crippen molar-refractivity contribution in [2.75, 3.05) is 26.2 Å². The van der Waals surface area contributed by atoms with Crippen molar-refractivity contribution in [3.8, 4) is 0 Å². The molecule has 2 heteroatoms. The number of nitrogens with zero attached hydrogens (tertiary/aromatic N) is 1. The minimum absolute atomic E-state index is 0.278. The molecule has 0 spiro atoms. The molecule has 3 fully saturated rings. The van der Waals surface area contributed by atoms with E-state index in [1.807, 2.05) is 0 Å². The molecule has 3 rings (SSSR count). The van der Waals surface area contributed by atoms with Crippen LogP contribution >= 0.6 is 0 Å². The highest BCUT2D eigenvalue weighted by molar-refractivity contribution is 4.92. The average molecular weight is 308 g/mol. The minimum atomic E-state index is 0.278. The predicted molar refractivity (Wildman–Crippen MR) is 93.3 cm³/mol. The van der Waals surface area contributed by atoms with Gasteiger partial charge in [0, 0.05) is 13.2 Å². The highest BCUT2D eigenvalue weighted by Crippen LogP contribution is 2.44. The smallest absolute Gasteiger partial charge is 0.0710 e. The lowest BCUT2D eigenvalue weighted by molar-refractivity contribution is -0.120. The summed E-state index contributed by atoms with van der Waals surface area (Å²) in [4.78, 5) is 2.65. The Balaban J connectivity index is 1.45. The maximum Gasteiger partial charge on any atom is 0.0710 e. The normalized spacial score (nSPS) is 27.8. The van der Waals surface area contributed by atoms with Gasteiger partial charge < -0.3 is 9.64 Å². The van der Waals surface area contributed by atoms with E-state index in [9.17, 15) is 0 Å². The molecule has 0 radical (unpaired) electrons. The fraction of sp³-hybridized carbons (Fsp3) is 1.00. The highest BCUT2D eigenvalue weighted by atomic mass is 16.5. The first kappa shape index (κ1) is 16.8. The summed E-state index contributed by atoms with van der Waals surface area (Å²) in [6, 6.07) is 0. The van der Waals surface area contributed by atoms with E-state index in [-0.39, 0.29) is 5.60 Å². The van der Waals surface area contributed by atoms with Gasteiger partial charge in [-0.05, 0) is 64.0 Å². The molecule has 2 aliphatic carbocycles. The van der Waals surface area contributed by atoms with Gasteiger partial charge in [-0.15, -0.1) is 0 Å². The molecule has 0 N–H and O–H groups in total. The SMILES string of the molecule is C1CCC(C2(OCCCN3CCCCC3)CCCCC2)CC1. The van der Waals surface area contributed by atoms with Crippen LogP contribution < -0.4 is 0 Å². The van der Waals surface area contributed by atoms with Gasteiger partial charge in [0.25, 0.3) is 0 Å². The molecule has 1 saturated heterocycles. The molecule has 0 bridgehead atoms. The second-order valence-electron chi connectivity index (χ2n) is 8.06. The molecule has 0 atom stereocenters. The zero-order valence-corrected chi connectivity index (χ0v) is 14.7. The van der Waals surface area contributed by atoms with E-state index in [0.29, 0.717) is 0 Å². The van der Waals surface area contributed by atoms with Crippen LogP contribution in [-0.2, 0) is 4.74 Å². The maximum atomic E-state index is 6.67. The zero-order valence-electron chi connectivity index (χ0n) is 14.7. The summed E-state index contributed by atoms with van der Waals surface area (Å²) in [6.07, 6.45) is 19.7. The first-order chi connectivity index (χ1) is 10.9. The van der Waals surface area contributed by atoms with Gasteiger partial charge in [0.2, 0.25) is 0 Å². The predicted octanol–water partition coefficient (Wildman–Crippen LogP) is 5.16. The number of rotatable bonds is 6. The van der Waals surface area contributed by atoms with Crippen molar-refractivity contribution in [1.82, 2.24) is 4.90 Å². The van der Waals surface area contributed by atoms with Gasteiger partial charge >= 0.3 is 0 Å². The second kappa shape index (κ2) is 8.68. The topological polar surface area (TPSA) is 12.5 Å². The summed E-state index contributed by atoms with van der Waals surface area (Å²) in [7, 11) is 0. The molecule has 0 aromatic carbocycles. The van der Waals surface area contributed by atoms with Crippen LogP contribution in [0.25, 0.3) is 0 Å². The van der Waals surface area contributed by atoms with Crippen LogP contribution in [0, 0.1) is 5.92 Å². The summed E-state index contributed by atoms with van der Waals surface area (Å²) in [5, 5.41) is 0. The van der Waals surface area contributed by atoms with E-state index in [4.69, 9.17) is 4.74 Å². The van der Waals surface area contributed by atoms with Gasteiger partial charge in [0.15, 0.2) is 0 Å². The Labute approximate surface area is 138 Å². The van der Waals surface area contributed by atoms with Crippen molar-refractivity contribution in [1.29, 1.82) is 0 Å². The molecule has 0 aromatic rings. The summed E-state index contributed by atoms with van der Waals surface area (Å²) < 4.78 is 6.67. The molecule has 2 nitrogen and oxygen atoms in total. The first-order valence-corrected chi connectivity index (χ1v) is 10.3. The summed E-state index contributed by atoms with van der Waals surface area (Å²) in [5.41, 5.74) is 0.278. The van der Waals surface area contributed by atoms with Crippen LogP contribution in [0.5, 0.6) is 0 Å². The van der Waals surface area contributed by atoms with Crippen molar-refractivity contribution in [3.05, 3.63) is 0 Å². The average Bonchev–Trinajstić information content (AvgIpc) is 2.61. The molecule has 0 unspecified atom stereocenters. The second-order valence-corrected chi connectivity index (χ2v) is 8.06. The standard InChI is InChI=1S/C20H37NO/c1-4-11-19(12-5-1)20(13-6-2-7-14-20)22-18-10-17-21-15-8-3-9-16-21/h19H,1-18H2. The molecule has 3 aliphatic rings. The third-order valence-electron chi connectivity index (χ3n) is 6.51. The van der Waals surface area contributed by atoms with Crippen LogP contribution in [0.2, 0.25) is 0 Å². The molecule has 22 heavy (non-hydrogen) atoms. The lowest BCUT2D eigenvalue weighted by Crippen LogP contribution is -2.44. The summed E-state index contributed by atoms with van der Waals surface area (Å²) >= 11 is 0. The van der Waals surface area contributed by atoms with Crippen LogP contribution in [0.1, 0.15) is 89.9 Å². The lowest BCUT2D eigenvalue weighted by Gasteiger charge is -2.45. The van der Waals surface area contributed by atoms with Gasteiger partial charge in [-0.1, -0.05) is 44.9 Å². The van der Waals surface area contributed by atoms with Gasteiger partial charge in [0.05, 0.1) is 5.60 Å². The fourth-order valence-corrected chi connectivity index (χ4v) is 5.20. The van der Waals surface area contributed by atoms with E-state index < -0.39 is 0 Å². The van der Waals surface area contributed by atoms with E-state index in [0.717, 1.165) is 12.5 Å². The van der Waals surface area contributed by atoms with Crippen LogP contribution in [-0.4, -0.2) is 36.7 Å². The maximum absolute atomic E-state index is 6.67. The molecular formula is C20H37NO. The van der Waals surface area contributed by atoms with Gasteiger partial charge in [-0.2, -0.15) is 0 Å². The third-order valence-corrected chi connectivity index (χ3v) is 6.51. The largest absolute Gasteiger partial charge is 0.375 e. The Kier molecular flexibility index (Phi) is 6.62. The van der Waals surface area contributed by atoms with Crippen molar-refractivity contribution >= 4 is 0 Å². The highest BCUT2D eigenvalue weighted by Gasteiger charge is 2.40. The molecule has 0 amide bonds. The quantitative estimate of drug-likeness (QED) is 0.628. The van der Waals surface area contributed by atoms with Gasteiger partial charge in [0.1, 0.15) is 0 Å². The van der Waals surface area contributed by atoms with Crippen molar-refractivity contribution in [3.63, 3.8) is 0 Å². The third kappa shape index (κ3) is 4.47. The molecule has 1 aliphatic heterocycles. The Morgan fingerprint density at radius 1 is 0.773 bits per heavy atom. The number of hydrogen-bond acceptors (Lipinski definition) is 2. The van der Waals surface area contributed by atoms with Crippen LogP contribution in [0.4, 0.5) is 0 Å². The number of piperidine rings is 1. The molecule has 1 heterocycles.